The summed E-state index contributed by atoms with van der Waals surface area (Å²) in [6, 6.07) is 4.45. The zero-order valence-electron chi connectivity index (χ0n) is 19.6. The zero-order chi connectivity index (χ0) is 27.3. The van der Waals surface area contributed by atoms with Crippen molar-refractivity contribution in [3.05, 3.63) is 52.1 Å². The van der Waals surface area contributed by atoms with Crippen molar-refractivity contribution >= 4 is 40.6 Å². The number of aromatic nitrogens is 4. The minimum atomic E-state index is -5.22. The van der Waals surface area contributed by atoms with Crippen LogP contribution < -0.4 is 21.5 Å². The van der Waals surface area contributed by atoms with Gasteiger partial charge in [-0.3, -0.25) is 29.1 Å². The third-order valence-electron chi connectivity index (χ3n) is 5.12. The number of alkyl halides is 3. The molecule has 0 radical (unpaired) electrons. The number of anilines is 2. The van der Waals surface area contributed by atoms with Gasteiger partial charge >= 0.3 is 18.1 Å². The highest BCUT2D eigenvalue weighted by molar-refractivity contribution is 5.98. The molecule has 3 rings (SSSR count). The van der Waals surface area contributed by atoms with Crippen LogP contribution in [0.25, 0.3) is 11.2 Å². The molecule has 0 spiro atoms. The van der Waals surface area contributed by atoms with E-state index < -0.39 is 36.1 Å². The lowest BCUT2D eigenvalue weighted by Gasteiger charge is -2.24. The van der Waals surface area contributed by atoms with E-state index in [9.17, 15) is 32.3 Å². The number of hydrogen-bond acceptors (Lipinski definition) is 9. The van der Waals surface area contributed by atoms with Gasteiger partial charge in [-0.2, -0.15) is 18.2 Å². The number of fused-ring (bicyclic) bond motifs is 1. The molecule has 0 aliphatic heterocycles. The Morgan fingerprint density at radius 1 is 1.19 bits per heavy atom. The SMILES string of the molecule is COC(=O)CC[C@@H](C)NC(=O)c1ccc(N(Cc2cnc3nc(N)[nH]c(=O)c3n2)C(=O)C(F)(F)F)cc1. The molecule has 0 bridgehead atoms. The largest absolute Gasteiger partial charge is 0.471 e. The number of benzene rings is 1. The van der Waals surface area contributed by atoms with Crippen molar-refractivity contribution in [2.75, 3.05) is 17.7 Å². The van der Waals surface area contributed by atoms with Gasteiger partial charge in [-0.1, -0.05) is 0 Å². The number of ether oxygens (including phenoxy) is 1. The van der Waals surface area contributed by atoms with E-state index in [-0.39, 0.29) is 46.5 Å². The van der Waals surface area contributed by atoms with Gasteiger partial charge in [-0.15, -0.1) is 0 Å². The second-order valence-corrected chi connectivity index (χ2v) is 7.91. The molecule has 37 heavy (non-hydrogen) atoms. The first kappa shape index (κ1) is 27.0. The molecular weight excluding hydrogens is 499 g/mol. The van der Waals surface area contributed by atoms with Crippen molar-refractivity contribution in [2.45, 2.75) is 38.5 Å². The normalized spacial score (nSPS) is 12.1. The highest BCUT2D eigenvalue weighted by atomic mass is 19.4. The molecule has 3 aromatic rings. The van der Waals surface area contributed by atoms with Crippen molar-refractivity contribution < 1.29 is 32.3 Å². The van der Waals surface area contributed by atoms with Crippen molar-refractivity contribution in [2.24, 2.45) is 0 Å². The van der Waals surface area contributed by atoms with Crippen LogP contribution in [0.1, 0.15) is 35.8 Å². The summed E-state index contributed by atoms with van der Waals surface area (Å²) in [6.45, 7) is 1.000. The van der Waals surface area contributed by atoms with Gasteiger partial charge < -0.3 is 15.8 Å². The van der Waals surface area contributed by atoms with Gasteiger partial charge in [0.05, 0.1) is 25.5 Å². The number of carbonyl (C=O) groups excluding carboxylic acids is 3. The fourth-order valence-corrected chi connectivity index (χ4v) is 3.25. The van der Waals surface area contributed by atoms with E-state index in [1.54, 1.807) is 6.92 Å². The number of aromatic amines is 1. The van der Waals surface area contributed by atoms with Gasteiger partial charge in [0.25, 0.3) is 11.5 Å². The molecule has 1 atom stereocenters. The van der Waals surface area contributed by atoms with Crippen LogP contribution in [-0.4, -0.2) is 57.0 Å². The molecule has 12 nitrogen and oxygen atoms in total. The summed E-state index contributed by atoms with van der Waals surface area (Å²) in [5, 5.41) is 2.66. The van der Waals surface area contributed by atoms with Gasteiger partial charge in [-0.25, -0.2) is 9.97 Å². The Morgan fingerprint density at radius 3 is 2.49 bits per heavy atom. The predicted octanol–water partition coefficient (Wildman–Crippen LogP) is 1.46. The second-order valence-electron chi connectivity index (χ2n) is 7.91. The molecule has 2 aromatic heterocycles. The number of carbonyl (C=O) groups is 3. The summed E-state index contributed by atoms with van der Waals surface area (Å²) in [5.41, 5.74) is 4.13. The molecule has 196 valence electrons. The lowest BCUT2D eigenvalue weighted by molar-refractivity contribution is -0.170. The van der Waals surface area contributed by atoms with E-state index in [4.69, 9.17) is 5.73 Å². The highest BCUT2D eigenvalue weighted by Gasteiger charge is 2.43. The zero-order valence-corrected chi connectivity index (χ0v) is 19.6. The van der Waals surface area contributed by atoms with E-state index in [1.807, 2.05) is 0 Å². The smallest absolute Gasteiger partial charge is 0.469 e. The molecule has 15 heteroatoms. The Hall–Kier alpha value is -4.56. The van der Waals surface area contributed by atoms with Crippen molar-refractivity contribution in [1.29, 1.82) is 0 Å². The number of nitrogens with one attached hydrogen (secondary N) is 2. The van der Waals surface area contributed by atoms with E-state index in [0.29, 0.717) is 11.3 Å². The van der Waals surface area contributed by atoms with Gasteiger partial charge in [-0.05, 0) is 37.6 Å². The number of methoxy groups -OCH3 is 1. The van der Waals surface area contributed by atoms with Crippen LogP contribution in [0.4, 0.5) is 24.8 Å². The predicted molar refractivity (Wildman–Crippen MR) is 124 cm³/mol. The summed E-state index contributed by atoms with van der Waals surface area (Å²) >= 11 is 0. The first-order valence-corrected chi connectivity index (χ1v) is 10.8. The molecule has 2 heterocycles. The fraction of sp³-hybridized carbons (Fsp3) is 0.318. The van der Waals surface area contributed by atoms with Crippen molar-refractivity contribution in [1.82, 2.24) is 25.3 Å². The van der Waals surface area contributed by atoms with Crippen LogP contribution >= 0.6 is 0 Å². The van der Waals surface area contributed by atoms with E-state index >= 15 is 0 Å². The molecule has 0 saturated carbocycles. The van der Waals surface area contributed by atoms with Gasteiger partial charge in [0.15, 0.2) is 11.2 Å². The maximum atomic E-state index is 13.4. The van der Waals surface area contributed by atoms with E-state index in [2.05, 4.69) is 30.0 Å². The minimum absolute atomic E-state index is 0.0956. The van der Waals surface area contributed by atoms with Crippen molar-refractivity contribution in [3.63, 3.8) is 0 Å². The van der Waals surface area contributed by atoms with Crippen LogP contribution in [0.3, 0.4) is 0 Å². The van der Waals surface area contributed by atoms with Crippen LogP contribution in [0.5, 0.6) is 0 Å². The number of amides is 2. The third kappa shape index (κ3) is 6.77. The Morgan fingerprint density at radius 2 is 1.86 bits per heavy atom. The Balaban J connectivity index is 1.83. The lowest BCUT2D eigenvalue weighted by atomic mass is 10.1. The number of nitrogen functional groups attached to an aromatic ring is 1. The number of nitrogens with zero attached hydrogens (tertiary/aromatic N) is 4. The van der Waals surface area contributed by atoms with Crippen LogP contribution in [0.15, 0.2) is 35.3 Å². The number of nitrogens with two attached hydrogens (primary N) is 1. The lowest BCUT2D eigenvalue weighted by Crippen LogP contribution is -2.41. The number of esters is 1. The summed E-state index contributed by atoms with van der Waals surface area (Å²) in [5.74, 6) is -3.35. The summed E-state index contributed by atoms with van der Waals surface area (Å²) in [4.78, 5) is 62.2. The molecule has 0 aliphatic rings. The Labute approximate surface area is 207 Å². The van der Waals surface area contributed by atoms with Gasteiger partial charge in [0.2, 0.25) is 5.95 Å². The van der Waals surface area contributed by atoms with Crippen molar-refractivity contribution in [3.8, 4) is 0 Å². The molecule has 2 amide bonds. The topological polar surface area (TPSA) is 173 Å². The number of H-pyrrole nitrogens is 1. The van der Waals surface area contributed by atoms with Crippen LogP contribution in [-0.2, 0) is 20.9 Å². The van der Waals surface area contributed by atoms with E-state index in [1.165, 1.54) is 31.4 Å². The third-order valence-corrected chi connectivity index (χ3v) is 5.12. The average Bonchev–Trinajstić information content (AvgIpc) is 2.85. The molecule has 0 saturated heterocycles. The molecule has 0 aliphatic carbocycles. The molecular formula is C22H22F3N7O5. The first-order valence-electron chi connectivity index (χ1n) is 10.8. The Bertz CT molecular complexity index is 1380. The maximum absolute atomic E-state index is 13.4. The highest BCUT2D eigenvalue weighted by Crippen LogP contribution is 2.26. The van der Waals surface area contributed by atoms with E-state index in [0.717, 1.165) is 6.20 Å². The number of rotatable bonds is 8. The maximum Gasteiger partial charge on any atom is 0.471 e. The molecule has 0 unspecified atom stereocenters. The number of hydrogen-bond donors (Lipinski definition) is 3. The second kappa shape index (κ2) is 11.0. The van der Waals surface area contributed by atoms with Crippen LogP contribution in [0.2, 0.25) is 0 Å². The fourth-order valence-electron chi connectivity index (χ4n) is 3.25. The average molecular weight is 521 g/mol. The minimum Gasteiger partial charge on any atom is -0.469 e. The van der Waals surface area contributed by atoms with Gasteiger partial charge in [0.1, 0.15) is 0 Å². The molecule has 1 aromatic carbocycles. The number of halogens is 3. The van der Waals surface area contributed by atoms with Gasteiger partial charge in [0, 0.05) is 23.7 Å². The summed E-state index contributed by atoms with van der Waals surface area (Å²) in [6.07, 6.45) is -3.73. The summed E-state index contributed by atoms with van der Waals surface area (Å²) < 4.78 is 44.6. The first-order chi connectivity index (χ1) is 17.4. The standard InChI is InChI=1S/C22H22F3N7O5/c1-11(3-8-15(33)37-2)28-18(34)12-4-6-14(7-5-12)32(20(36)22(23,24)25)10-13-9-27-17-16(29-13)19(35)31-21(26)30-17/h4-7,9,11H,3,8,10H2,1-2H3,(H,28,34)(H3,26,27,30,31,35)/t11-/m1/s1. The quantitative estimate of drug-likeness (QED) is 0.371. The molecule has 4 N–H and O–H groups in total. The van der Waals surface area contributed by atoms with Crippen LogP contribution in [0, 0.1) is 0 Å². The Kier molecular flexibility index (Phi) is 8.04. The summed E-state index contributed by atoms with van der Waals surface area (Å²) in [7, 11) is 1.25. The molecule has 0 fully saturated rings. The monoisotopic (exact) mass is 521 g/mol.